The Labute approximate surface area is 191 Å². The van der Waals surface area contributed by atoms with Crippen LogP contribution in [0.1, 0.15) is 15.9 Å². The molecular formula is C22H19BrN2O3S2. The van der Waals surface area contributed by atoms with Crippen molar-refractivity contribution in [3.63, 3.8) is 0 Å². The lowest BCUT2D eigenvalue weighted by Gasteiger charge is -2.09. The van der Waals surface area contributed by atoms with Crippen molar-refractivity contribution < 1.29 is 13.9 Å². The Morgan fingerprint density at radius 2 is 1.83 bits per heavy atom. The van der Waals surface area contributed by atoms with Crippen LogP contribution in [0.15, 0.2) is 74.7 Å². The van der Waals surface area contributed by atoms with Crippen molar-refractivity contribution >= 4 is 51.6 Å². The maximum atomic E-state index is 11.9. The fraction of sp³-hybridized carbons (Fsp3) is 0.182. The Hall–Kier alpha value is -2.16. The molecule has 0 atom stereocenters. The van der Waals surface area contributed by atoms with E-state index in [1.807, 2.05) is 66.0 Å². The van der Waals surface area contributed by atoms with Crippen LogP contribution in [-0.2, 0) is 4.79 Å². The van der Waals surface area contributed by atoms with Crippen LogP contribution in [0.3, 0.4) is 0 Å². The van der Waals surface area contributed by atoms with Crippen LogP contribution < -0.4 is 10.2 Å². The first kappa shape index (κ1) is 21.1. The van der Waals surface area contributed by atoms with E-state index in [1.54, 1.807) is 6.07 Å². The summed E-state index contributed by atoms with van der Waals surface area (Å²) in [6, 6.07) is 19.4. The Kier molecular flexibility index (Phi) is 7.20. The third-order valence-electron chi connectivity index (χ3n) is 4.28. The maximum absolute atomic E-state index is 11.9. The van der Waals surface area contributed by atoms with Crippen LogP contribution in [-0.4, -0.2) is 30.2 Å². The minimum Gasteiger partial charge on any atom is -0.484 e. The number of ether oxygens (including phenoxy) is 1. The molecule has 1 aromatic heterocycles. The average molecular weight is 503 g/mol. The monoisotopic (exact) mass is 502 g/mol. The lowest BCUT2D eigenvalue weighted by Crippen LogP contribution is -2.24. The average Bonchev–Trinajstić information content (AvgIpc) is 3.46. The van der Waals surface area contributed by atoms with E-state index in [0.29, 0.717) is 16.1 Å². The van der Waals surface area contributed by atoms with Gasteiger partial charge in [0, 0.05) is 21.5 Å². The van der Waals surface area contributed by atoms with Gasteiger partial charge in [0.1, 0.15) is 17.3 Å². The largest absolute Gasteiger partial charge is 0.484 e. The second kappa shape index (κ2) is 10.2. The molecule has 2 aromatic carbocycles. The molecule has 0 aliphatic carbocycles. The van der Waals surface area contributed by atoms with Crippen molar-refractivity contribution in [1.82, 2.24) is 5.43 Å². The summed E-state index contributed by atoms with van der Waals surface area (Å²) in [5, 5.41) is 3.93. The number of rotatable bonds is 7. The van der Waals surface area contributed by atoms with Crippen molar-refractivity contribution in [2.45, 2.75) is 4.58 Å². The molecule has 5 nitrogen and oxygen atoms in total. The molecule has 0 bridgehead atoms. The van der Waals surface area contributed by atoms with Gasteiger partial charge in [-0.25, -0.2) is 5.43 Å². The molecule has 1 fully saturated rings. The summed E-state index contributed by atoms with van der Waals surface area (Å²) in [6.07, 6.45) is 1.46. The third-order valence-corrected chi connectivity index (χ3v) is 7.91. The summed E-state index contributed by atoms with van der Waals surface area (Å²) in [7, 11) is 0. The fourth-order valence-electron chi connectivity index (χ4n) is 2.81. The summed E-state index contributed by atoms with van der Waals surface area (Å²) in [4.78, 5) is 11.9. The van der Waals surface area contributed by atoms with Gasteiger partial charge < -0.3 is 9.15 Å². The lowest BCUT2D eigenvalue weighted by atomic mass is 10.2. The molecule has 0 radical (unpaired) electrons. The third kappa shape index (κ3) is 5.71. The second-order valence-electron chi connectivity index (χ2n) is 6.43. The molecule has 4 rings (SSSR count). The number of nitrogens with zero attached hydrogens (tertiary/aromatic N) is 1. The Morgan fingerprint density at radius 3 is 2.57 bits per heavy atom. The zero-order chi connectivity index (χ0) is 20.8. The molecule has 1 aliphatic heterocycles. The van der Waals surface area contributed by atoms with Crippen molar-refractivity contribution in [2.24, 2.45) is 5.10 Å². The number of carbonyl (C=O) groups is 1. The van der Waals surface area contributed by atoms with Gasteiger partial charge in [0.2, 0.25) is 0 Å². The van der Waals surface area contributed by atoms with Gasteiger partial charge in [-0.1, -0.05) is 40.2 Å². The molecule has 0 unspecified atom stereocenters. The van der Waals surface area contributed by atoms with Crippen LogP contribution in [0.5, 0.6) is 5.75 Å². The smallest absolute Gasteiger partial charge is 0.277 e. The maximum Gasteiger partial charge on any atom is 0.277 e. The Bertz CT molecular complexity index is 1010. The molecule has 8 heteroatoms. The highest BCUT2D eigenvalue weighted by molar-refractivity contribution is 9.10. The van der Waals surface area contributed by atoms with E-state index >= 15 is 0 Å². The molecule has 30 heavy (non-hydrogen) atoms. The molecule has 1 aliphatic rings. The van der Waals surface area contributed by atoms with Gasteiger partial charge in [-0.15, -0.1) is 23.5 Å². The number of furan rings is 1. The van der Waals surface area contributed by atoms with Gasteiger partial charge >= 0.3 is 0 Å². The topological polar surface area (TPSA) is 63.8 Å². The number of benzene rings is 2. The minimum absolute atomic E-state index is 0.105. The van der Waals surface area contributed by atoms with Crippen molar-refractivity contribution in [2.75, 3.05) is 18.1 Å². The first-order valence-electron chi connectivity index (χ1n) is 9.31. The predicted molar refractivity (Wildman–Crippen MR) is 127 cm³/mol. The normalized spacial score (nSPS) is 14.3. The van der Waals surface area contributed by atoms with E-state index < -0.39 is 0 Å². The molecule has 154 valence electrons. The number of thioether (sulfide) groups is 2. The summed E-state index contributed by atoms with van der Waals surface area (Å²) >= 11 is 7.33. The summed E-state index contributed by atoms with van der Waals surface area (Å²) in [6.45, 7) is -0.105. The quantitative estimate of drug-likeness (QED) is 0.330. The van der Waals surface area contributed by atoms with Crippen molar-refractivity contribution in [3.8, 4) is 17.1 Å². The standard InChI is InChI=1S/C22H19BrN2O3S2/c23-17-5-1-15(2-6-17)20-10-9-19(28-20)13-24-25-21(26)14-27-18-7-3-16(4-8-18)22-29-11-12-30-22/h1-10,13,22H,11-12,14H2,(H,25,26)/b24-13+. The number of halogens is 1. The SMILES string of the molecule is O=C(COc1ccc(C2SCCS2)cc1)N/N=C/c1ccc(-c2ccc(Br)cc2)o1. The van der Waals surface area contributed by atoms with E-state index in [1.165, 1.54) is 23.3 Å². The molecule has 0 saturated carbocycles. The van der Waals surface area contributed by atoms with Gasteiger partial charge in [0.25, 0.3) is 5.91 Å². The molecule has 1 saturated heterocycles. The fourth-order valence-corrected chi connectivity index (χ4v) is 5.94. The minimum atomic E-state index is -0.336. The van der Waals surface area contributed by atoms with Crippen molar-refractivity contribution in [1.29, 1.82) is 0 Å². The number of carbonyl (C=O) groups excluding carboxylic acids is 1. The van der Waals surface area contributed by atoms with Crippen LogP contribution >= 0.6 is 39.5 Å². The second-order valence-corrected chi connectivity index (χ2v) is 10.1. The van der Waals surface area contributed by atoms with Gasteiger partial charge in [-0.2, -0.15) is 5.10 Å². The highest BCUT2D eigenvalue weighted by Gasteiger charge is 2.18. The van der Waals surface area contributed by atoms with Crippen LogP contribution in [0, 0.1) is 0 Å². The van der Waals surface area contributed by atoms with Crippen LogP contribution in [0.4, 0.5) is 0 Å². The van der Waals surface area contributed by atoms with Gasteiger partial charge in [-0.3, -0.25) is 4.79 Å². The number of hydrogen-bond donors (Lipinski definition) is 1. The van der Waals surface area contributed by atoms with E-state index in [-0.39, 0.29) is 12.5 Å². The molecule has 2 heterocycles. The predicted octanol–water partition coefficient (Wildman–Crippen LogP) is 5.72. The van der Waals surface area contributed by atoms with Gasteiger partial charge in [0.15, 0.2) is 6.61 Å². The van der Waals surface area contributed by atoms with E-state index in [4.69, 9.17) is 9.15 Å². The van der Waals surface area contributed by atoms with Crippen molar-refractivity contribution in [3.05, 3.63) is 76.5 Å². The molecular weight excluding hydrogens is 484 g/mol. The summed E-state index contributed by atoms with van der Waals surface area (Å²) in [5.74, 6) is 3.99. The summed E-state index contributed by atoms with van der Waals surface area (Å²) in [5.41, 5.74) is 4.69. The first-order chi connectivity index (χ1) is 14.7. The highest BCUT2D eigenvalue weighted by atomic mass is 79.9. The number of nitrogens with one attached hydrogen (secondary N) is 1. The van der Waals surface area contributed by atoms with Crippen LogP contribution in [0.2, 0.25) is 0 Å². The molecule has 1 amide bonds. The lowest BCUT2D eigenvalue weighted by molar-refractivity contribution is -0.123. The Balaban J connectivity index is 1.23. The molecule has 0 spiro atoms. The number of hydrogen-bond acceptors (Lipinski definition) is 6. The summed E-state index contributed by atoms with van der Waals surface area (Å²) < 4.78 is 12.8. The van der Waals surface area contributed by atoms with Crippen LogP contribution in [0.25, 0.3) is 11.3 Å². The zero-order valence-corrected chi connectivity index (χ0v) is 19.1. The van der Waals surface area contributed by atoms with E-state index in [0.717, 1.165) is 15.8 Å². The van der Waals surface area contributed by atoms with E-state index in [2.05, 4.69) is 38.6 Å². The Morgan fingerprint density at radius 1 is 1.10 bits per heavy atom. The van der Waals surface area contributed by atoms with Gasteiger partial charge in [0.05, 0.1) is 10.8 Å². The zero-order valence-electron chi connectivity index (χ0n) is 15.9. The van der Waals surface area contributed by atoms with E-state index in [9.17, 15) is 4.79 Å². The number of hydrazone groups is 1. The highest BCUT2D eigenvalue weighted by Crippen LogP contribution is 2.45. The first-order valence-corrected chi connectivity index (χ1v) is 12.2. The molecule has 3 aromatic rings. The molecule has 1 N–H and O–H groups in total. The number of amides is 1. The van der Waals surface area contributed by atoms with Gasteiger partial charge in [-0.05, 0) is 42.0 Å².